The highest BCUT2D eigenvalue weighted by Gasteiger charge is 2.22. The molecule has 2 unspecified atom stereocenters. The van der Waals surface area contributed by atoms with Crippen molar-refractivity contribution in [3.8, 4) is 17.2 Å². The normalized spacial score (nSPS) is 14.7. The standard InChI is InChI=1S/C19H25ClN6O2.C18H24N2O4S/c1-28-17-5-4-13(20)11-16(17)26-10-9-22-14(12-26)3-2-7-23-19-24-8-6-15(25-19)18(21)27;1-14(13-20-10-11-24-16-6-4-3-5-7-16)15-8-9-18(25(19,21)22)17(12-15)23-2/h4-6,8,11,14,22H,2-3,7,9-10,12H2,1H3,(H2,21,27)(H,23,24,25);3-9,12,14,20H,10-11,13H2,1-2H3,(H2,19,21,22). The lowest BCUT2D eigenvalue weighted by molar-refractivity contribution is 0.0995. The van der Waals surface area contributed by atoms with Crippen LogP contribution in [0.5, 0.6) is 17.2 Å². The Hall–Kier alpha value is -4.67. The first-order valence-corrected chi connectivity index (χ1v) is 19.2. The smallest absolute Gasteiger partial charge is 0.267 e. The Morgan fingerprint density at radius 1 is 1.06 bits per heavy atom. The number of anilines is 2. The number of primary sulfonamides is 1. The van der Waals surface area contributed by atoms with Crippen molar-refractivity contribution in [2.45, 2.75) is 36.6 Å². The second kappa shape index (κ2) is 20.5. The summed E-state index contributed by atoms with van der Waals surface area (Å²) in [5.41, 5.74) is 7.44. The van der Waals surface area contributed by atoms with Crippen molar-refractivity contribution in [1.29, 1.82) is 0 Å². The average Bonchev–Trinajstić information content (AvgIpc) is 3.16. The Kier molecular flexibility index (Phi) is 15.9. The Labute approximate surface area is 316 Å². The van der Waals surface area contributed by atoms with Crippen molar-refractivity contribution in [2.75, 3.05) is 70.3 Å². The molecule has 7 N–H and O–H groups in total. The molecule has 2 heterocycles. The molecule has 0 aliphatic carbocycles. The van der Waals surface area contributed by atoms with Gasteiger partial charge < -0.3 is 40.8 Å². The number of primary amides is 1. The monoisotopic (exact) mass is 768 g/mol. The van der Waals surface area contributed by atoms with Crippen molar-refractivity contribution in [3.05, 3.63) is 95.3 Å². The predicted octanol–water partition coefficient (Wildman–Crippen LogP) is 4.02. The minimum atomic E-state index is -3.80. The molecule has 1 fully saturated rings. The van der Waals surface area contributed by atoms with E-state index in [1.807, 2.05) is 48.5 Å². The number of halogens is 1. The predicted molar refractivity (Wildman–Crippen MR) is 208 cm³/mol. The maximum absolute atomic E-state index is 11.5. The number of ether oxygens (including phenoxy) is 3. The van der Waals surface area contributed by atoms with Gasteiger partial charge in [0.1, 0.15) is 34.4 Å². The molecule has 4 aromatic rings. The first kappa shape index (κ1) is 41.1. The molecule has 1 aromatic heterocycles. The Balaban J connectivity index is 0.000000238. The summed E-state index contributed by atoms with van der Waals surface area (Å²) in [5.74, 6) is 1.98. The number of hydrogen-bond acceptors (Lipinski definition) is 12. The number of sulfonamides is 1. The van der Waals surface area contributed by atoms with E-state index >= 15 is 0 Å². The van der Waals surface area contributed by atoms with Gasteiger partial charge >= 0.3 is 0 Å². The van der Waals surface area contributed by atoms with Crippen molar-refractivity contribution in [2.24, 2.45) is 10.9 Å². The molecule has 2 atom stereocenters. The maximum Gasteiger partial charge on any atom is 0.267 e. The number of nitrogens with two attached hydrogens (primary N) is 2. The number of carbonyl (C=O) groups excluding carboxylic acids is 1. The Morgan fingerprint density at radius 2 is 1.83 bits per heavy atom. The van der Waals surface area contributed by atoms with Crippen LogP contribution in [0.25, 0.3) is 0 Å². The summed E-state index contributed by atoms with van der Waals surface area (Å²) in [6, 6.07) is 22.2. The second-order valence-corrected chi connectivity index (χ2v) is 14.3. The van der Waals surface area contributed by atoms with E-state index in [4.69, 9.17) is 36.7 Å². The summed E-state index contributed by atoms with van der Waals surface area (Å²) < 4.78 is 39.3. The number of carbonyl (C=O) groups is 1. The zero-order chi connectivity index (χ0) is 38.2. The summed E-state index contributed by atoms with van der Waals surface area (Å²) >= 11 is 6.17. The SMILES string of the molecule is COc1cc(C(C)CNCCOc2ccccc2)ccc1S(N)(=O)=O.COc1ccc(Cl)cc1N1CCNC(CCCNc2nccc(C(N)=O)n2)C1. The summed E-state index contributed by atoms with van der Waals surface area (Å²) in [6.07, 6.45) is 3.44. The highest BCUT2D eigenvalue weighted by Crippen LogP contribution is 2.32. The third kappa shape index (κ3) is 13.0. The van der Waals surface area contributed by atoms with Crippen LogP contribution in [0.15, 0.2) is 83.9 Å². The number of methoxy groups -OCH3 is 2. The van der Waals surface area contributed by atoms with E-state index in [1.165, 1.54) is 25.4 Å². The molecular formula is C37H49ClN8O6S. The van der Waals surface area contributed by atoms with Crippen molar-refractivity contribution < 1.29 is 27.4 Å². The van der Waals surface area contributed by atoms with Crippen molar-refractivity contribution in [1.82, 2.24) is 20.6 Å². The van der Waals surface area contributed by atoms with E-state index in [1.54, 1.807) is 19.2 Å². The second-order valence-electron chi connectivity index (χ2n) is 12.3. The van der Waals surface area contributed by atoms with Gasteiger partial charge in [-0.3, -0.25) is 4.79 Å². The third-order valence-electron chi connectivity index (χ3n) is 8.46. The molecule has 1 aliphatic rings. The Bertz CT molecular complexity index is 1870. The Morgan fingerprint density at radius 3 is 2.55 bits per heavy atom. The van der Waals surface area contributed by atoms with Gasteiger partial charge in [0.2, 0.25) is 16.0 Å². The van der Waals surface area contributed by atoms with Crippen LogP contribution in [-0.4, -0.2) is 90.4 Å². The topological polar surface area (TPSA) is 196 Å². The molecule has 286 valence electrons. The van der Waals surface area contributed by atoms with Crippen LogP contribution in [0.1, 0.15) is 41.7 Å². The largest absolute Gasteiger partial charge is 0.495 e. The molecule has 0 radical (unpaired) electrons. The van der Waals surface area contributed by atoms with Crippen molar-refractivity contribution >= 4 is 39.2 Å². The number of aromatic nitrogens is 2. The fourth-order valence-corrected chi connectivity index (χ4v) is 6.54. The molecule has 1 saturated heterocycles. The lowest BCUT2D eigenvalue weighted by Crippen LogP contribution is -2.50. The van der Waals surface area contributed by atoms with Crippen LogP contribution < -0.4 is 45.9 Å². The summed E-state index contributed by atoms with van der Waals surface area (Å²) in [5, 5.41) is 15.9. The zero-order valence-electron chi connectivity index (χ0n) is 30.3. The van der Waals surface area contributed by atoms with Crippen LogP contribution >= 0.6 is 11.6 Å². The van der Waals surface area contributed by atoms with Gasteiger partial charge in [-0.05, 0) is 72.9 Å². The zero-order valence-corrected chi connectivity index (χ0v) is 31.8. The number of benzene rings is 3. The van der Waals surface area contributed by atoms with Crippen LogP contribution in [0.4, 0.5) is 11.6 Å². The fraction of sp³-hybridized carbons (Fsp3) is 0.378. The van der Waals surface area contributed by atoms with Crippen LogP contribution in [-0.2, 0) is 10.0 Å². The third-order valence-corrected chi connectivity index (χ3v) is 9.65. The van der Waals surface area contributed by atoms with Crippen LogP contribution in [0.3, 0.4) is 0 Å². The van der Waals surface area contributed by atoms with Crippen molar-refractivity contribution in [3.63, 3.8) is 0 Å². The summed E-state index contributed by atoms with van der Waals surface area (Å²) in [7, 11) is -0.694. The number of piperazine rings is 1. The number of nitrogens with one attached hydrogen (secondary N) is 3. The lowest BCUT2D eigenvalue weighted by Gasteiger charge is -2.36. The van der Waals surface area contributed by atoms with Crippen LogP contribution in [0.2, 0.25) is 5.02 Å². The van der Waals surface area contributed by atoms with Gasteiger partial charge in [0.25, 0.3) is 5.91 Å². The number of rotatable bonds is 17. The quantitative estimate of drug-likeness (QED) is 0.0970. The molecule has 53 heavy (non-hydrogen) atoms. The number of para-hydroxylation sites is 1. The van der Waals surface area contributed by atoms with Gasteiger partial charge in [-0.2, -0.15) is 0 Å². The minimum absolute atomic E-state index is 0.00447. The molecule has 16 heteroatoms. The molecule has 0 saturated carbocycles. The van der Waals surface area contributed by atoms with Gasteiger partial charge in [0, 0.05) is 56.5 Å². The molecule has 5 rings (SSSR count). The van der Waals surface area contributed by atoms with Gasteiger partial charge in [-0.1, -0.05) is 42.8 Å². The molecule has 14 nitrogen and oxygen atoms in total. The first-order chi connectivity index (χ1) is 25.5. The van der Waals surface area contributed by atoms with E-state index in [0.29, 0.717) is 36.7 Å². The van der Waals surface area contributed by atoms with Gasteiger partial charge in [-0.25, -0.2) is 23.5 Å². The lowest BCUT2D eigenvalue weighted by atomic mass is 10.0. The fourth-order valence-electron chi connectivity index (χ4n) is 5.70. The average molecular weight is 769 g/mol. The van der Waals surface area contributed by atoms with E-state index in [0.717, 1.165) is 61.8 Å². The minimum Gasteiger partial charge on any atom is -0.495 e. The van der Waals surface area contributed by atoms with E-state index in [2.05, 4.69) is 37.7 Å². The molecule has 3 aromatic carbocycles. The number of hydrogen-bond donors (Lipinski definition) is 5. The van der Waals surface area contributed by atoms with Gasteiger partial charge in [0.05, 0.1) is 19.9 Å². The van der Waals surface area contributed by atoms with E-state index < -0.39 is 15.9 Å². The molecule has 1 amide bonds. The maximum atomic E-state index is 11.5. The highest BCUT2D eigenvalue weighted by molar-refractivity contribution is 7.89. The van der Waals surface area contributed by atoms with E-state index in [9.17, 15) is 13.2 Å². The first-order valence-electron chi connectivity index (χ1n) is 17.3. The number of nitrogens with zero attached hydrogens (tertiary/aromatic N) is 3. The van der Waals surface area contributed by atoms with Gasteiger partial charge in [0.15, 0.2) is 0 Å². The molecule has 0 spiro atoms. The molecule has 1 aliphatic heterocycles. The summed E-state index contributed by atoms with van der Waals surface area (Å²) in [6.45, 7) is 7.46. The number of amides is 1. The highest BCUT2D eigenvalue weighted by atomic mass is 35.5. The molecular weight excluding hydrogens is 720 g/mol. The summed E-state index contributed by atoms with van der Waals surface area (Å²) in [4.78, 5) is 21.7. The van der Waals surface area contributed by atoms with Crippen LogP contribution in [0, 0.1) is 0 Å². The van der Waals surface area contributed by atoms with E-state index in [-0.39, 0.29) is 22.3 Å². The van der Waals surface area contributed by atoms with Gasteiger partial charge in [-0.15, -0.1) is 0 Å². The molecule has 0 bridgehead atoms.